The molecule has 0 aromatic heterocycles. The molecular formula is C14H18N2O3S. The summed E-state index contributed by atoms with van der Waals surface area (Å²) >= 11 is 0. The van der Waals surface area contributed by atoms with Crippen molar-refractivity contribution in [1.29, 1.82) is 5.26 Å². The van der Waals surface area contributed by atoms with E-state index in [9.17, 15) is 13.5 Å². The number of sulfonamides is 1. The van der Waals surface area contributed by atoms with Gasteiger partial charge in [0.25, 0.3) is 0 Å². The maximum Gasteiger partial charge on any atom is 0.218 e. The number of benzene rings is 1. The number of nitriles is 1. The molecule has 5 nitrogen and oxygen atoms in total. The van der Waals surface area contributed by atoms with Crippen molar-refractivity contribution in [1.82, 2.24) is 4.31 Å². The van der Waals surface area contributed by atoms with Crippen molar-refractivity contribution >= 4 is 10.0 Å². The quantitative estimate of drug-likeness (QED) is 0.909. The molecule has 108 valence electrons. The zero-order chi connectivity index (χ0) is 14.8. The number of nitrogens with zero attached hydrogens (tertiary/aromatic N) is 2. The van der Waals surface area contributed by atoms with Crippen molar-refractivity contribution < 1.29 is 13.5 Å². The molecule has 1 aliphatic heterocycles. The van der Waals surface area contributed by atoms with Crippen LogP contribution in [0.15, 0.2) is 24.3 Å². The van der Waals surface area contributed by atoms with Crippen LogP contribution in [0.1, 0.15) is 30.9 Å². The molecule has 1 heterocycles. The predicted molar refractivity (Wildman–Crippen MR) is 75.2 cm³/mol. The Morgan fingerprint density at radius 1 is 1.35 bits per heavy atom. The van der Waals surface area contributed by atoms with E-state index in [1.165, 1.54) is 4.31 Å². The van der Waals surface area contributed by atoms with Gasteiger partial charge in [0, 0.05) is 13.1 Å². The largest absolute Gasteiger partial charge is 0.390 e. The van der Waals surface area contributed by atoms with Gasteiger partial charge in [-0.2, -0.15) is 5.26 Å². The Morgan fingerprint density at radius 3 is 2.55 bits per heavy atom. The topological polar surface area (TPSA) is 81.4 Å². The first-order valence-electron chi connectivity index (χ1n) is 6.52. The van der Waals surface area contributed by atoms with Crippen LogP contribution >= 0.6 is 0 Å². The molecule has 0 amide bonds. The monoisotopic (exact) mass is 294 g/mol. The Hall–Kier alpha value is -1.42. The second kappa shape index (κ2) is 5.52. The predicted octanol–water partition coefficient (Wildman–Crippen LogP) is 1.23. The van der Waals surface area contributed by atoms with E-state index < -0.39 is 15.6 Å². The van der Waals surface area contributed by atoms with Gasteiger partial charge in [0.15, 0.2) is 0 Å². The molecule has 0 radical (unpaired) electrons. The average molecular weight is 294 g/mol. The van der Waals surface area contributed by atoms with Gasteiger partial charge in [-0.25, -0.2) is 12.7 Å². The lowest BCUT2D eigenvalue weighted by Gasteiger charge is -2.35. The standard InChI is InChI=1S/C14H18N2O3S/c1-14(17)6-8-16(9-7-14)20(18,19)11-13-5-3-2-4-12(13)10-15/h2-5,17H,6-9,11H2,1H3. The van der Waals surface area contributed by atoms with Gasteiger partial charge in [-0.1, -0.05) is 18.2 Å². The molecule has 0 bridgehead atoms. The number of aliphatic hydroxyl groups is 1. The fourth-order valence-electron chi connectivity index (χ4n) is 2.29. The summed E-state index contributed by atoms with van der Waals surface area (Å²) in [7, 11) is -3.45. The molecule has 1 aromatic carbocycles. The van der Waals surface area contributed by atoms with Gasteiger partial charge in [-0.05, 0) is 31.4 Å². The first kappa shape index (κ1) is 15.0. The Kier molecular flexibility index (Phi) is 4.14. The average Bonchev–Trinajstić information content (AvgIpc) is 2.38. The number of hydrogen-bond donors (Lipinski definition) is 1. The second-order valence-corrected chi connectivity index (χ2v) is 7.39. The van der Waals surface area contributed by atoms with Gasteiger partial charge in [-0.3, -0.25) is 0 Å². The van der Waals surface area contributed by atoms with Crippen LogP contribution in [0.3, 0.4) is 0 Å². The highest BCUT2D eigenvalue weighted by Crippen LogP contribution is 2.24. The van der Waals surface area contributed by atoms with Gasteiger partial charge >= 0.3 is 0 Å². The Labute approximate surface area is 119 Å². The summed E-state index contributed by atoms with van der Waals surface area (Å²) in [6, 6.07) is 8.73. The van der Waals surface area contributed by atoms with E-state index in [-0.39, 0.29) is 5.75 Å². The summed E-state index contributed by atoms with van der Waals surface area (Å²) in [5.41, 5.74) is 0.128. The molecule has 20 heavy (non-hydrogen) atoms. The first-order chi connectivity index (χ1) is 9.34. The van der Waals surface area contributed by atoms with Crippen molar-refractivity contribution in [2.45, 2.75) is 31.1 Å². The van der Waals surface area contributed by atoms with E-state index in [0.717, 1.165) is 0 Å². The van der Waals surface area contributed by atoms with Crippen molar-refractivity contribution in [2.24, 2.45) is 0 Å². The molecule has 0 unspecified atom stereocenters. The molecule has 1 saturated heterocycles. The van der Waals surface area contributed by atoms with Gasteiger partial charge in [-0.15, -0.1) is 0 Å². The lowest BCUT2D eigenvalue weighted by molar-refractivity contribution is 0.0126. The van der Waals surface area contributed by atoms with Crippen LogP contribution in [0.25, 0.3) is 0 Å². The number of piperidine rings is 1. The highest BCUT2D eigenvalue weighted by atomic mass is 32.2. The van der Waals surface area contributed by atoms with Gasteiger partial charge < -0.3 is 5.11 Å². The van der Waals surface area contributed by atoms with Gasteiger partial charge in [0.05, 0.1) is 23.0 Å². The smallest absolute Gasteiger partial charge is 0.218 e. The van der Waals surface area contributed by atoms with Crippen LogP contribution < -0.4 is 0 Å². The lowest BCUT2D eigenvalue weighted by Crippen LogP contribution is -2.45. The SMILES string of the molecule is CC1(O)CCN(S(=O)(=O)Cc2ccccc2C#N)CC1. The first-order valence-corrected chi connectivity index (χ1v) is 8.13. The summed E-state index contributed by atoms with van der Waals surface area (Å²) in [6.45, 7) is 2.37. The van der Waals surface area contributed by atoms with Gasteiger partial charge in [0.2, 0.25) is 10.0 Å². The van der Waals surface area contributed by atoms with Crippen LogP contribution in [0.2, 0.25) is 0 Å². The maximum atomic E-state index is 12.4. The maximum absolute atomic E-state index is 12.4. The van der Waals surface area contributed by atoms with Crippen molar-refractivity contribution in [3.05, 3.63) is 35.4 Å². The number of hydrogen-bond acceptors (Lipinski definition) is 4. The zero-order valence-corrected chi connectivity index (χ0v) is 12.2. The molecule has 0 spiro atoms. The van der Waals surface area contributed by atoms with E-state index in [0.29, 0.717) is 37.1 Å². The third-order valence-corrected chi connectivity index (χ3v) is 5.50. The van der Waals surface area contributed by atoms with E-state index in [1.807, 2.05) is 6.07 Å². The van der Waals surface area contributed by atoms with Crippen molar-refractivity contribution in [3.63, 3.8) is 0 Å². The molecule has 0 saturated carbocycles. The third-order valence-electron chi connectivity index (χ3n) is 3.67. The Balaban J connectivity index is 2.15. The highest BCUT2D eigenvalue weighted by Gasteiger charge is 2.33. The van der Waals surface area contributed by atoms with E-state index in [4.69, 9.17) is 5.26 Å². The normalized spacial score (nSPS) is 19.4. The summed E-state index contributed by atoms with van der Waals surface area (Å²) in [5.74, 6) is -0.168. The Morgan fingerprint density at radius 2 is 1.95 bits per heavy atom. The minimum absolute atomic E-state index is 0.168. The Bertz CT molecular complexity index is 622. The second-order valence-electron chi connectivity index (χ2n) is 5.42. The van der Waals surface area contributed by atoms with E-state index in [2.05, 4.69) is 0 Å². The summed E-state index contributed by atoms with van der Waals surface area (Å²) in [4.78, 5) is 0. The third kappa shape index (κ3) is 3.37. The van der Waals surface area contributed by atoms with Crippen molar-refractivity contribution in [3.8, 4) is 6.07 Å². The highest BCUT2D eigenvalue weighted by molar-refractivity contribution is 7.88. The summed E-state index contributed by atoms with van der Waals surface area (Å²) < 4.78 is 26.1. The van der Waals surface area contributed by atoms with E-state index in [1.54, 1.807) is 31.2 Å². The molecule has 1 fully saturated rings. The van der Waals surface area contributed by atoms with Gasteiger partial charge in [0.1, 0.15) is 0 Å². The molecule has 1 N–H and O–H groups in total. The minimum Gasteiger partial charge on any atom is -0.390 e. The molecule has 1 aromatic rings. The van der Waals surface area contributed by atoms with Crippen LogP contribution in [0.4, 0.5) is 0 Å². The summed E-state index contributed by atoms with van der Waals surface area (Å²) in [6.07, 6.45) is 0.873. The molecule has 6 heteroatoms. The summed E-state index contributed by atoms with van der Waals surface area (Å²) in [5, 5.41) is 18.9. The van der Waals surface area contributed by atoms with Crippen LogP contribution in [0, 0.1) is 11.3 Å². The van der Waals surface area contributed by atoms with Crippen molar-refractivity contribution in [2.75, 3.05) is 13.1 Å². The molecule has 2 rings (SSSR count). The molecular weight excluding hydrogens is 276 g/mol. The number of rotatable bonds is 3. The fraction of sp³-hybridized carbons (Fsp3) is 0.500. The fourth-order valence-corrected chi connectivity index (χ4v) is 3.86. The van der Waals surface area contributed by atoms with Crippen LogP contribution in [-0.4, -0.2) is 36.5 Å². The van der Waals surface area contributed by atoms with E-state index >= 15 is 0 Å². The zero-order valence-electron chi connectivity index (χ0n) is 11.4. The minimum atomic E-state index is -3.45. The van der Waals surface area contributed by atoms with Crippen LogP contribution in [0.5, 0.6) is 0 Å². The molecule has 1 aliphatic rings. The van der Waals surface area contributed by atoms with Crippen LogP contribution in [-0.2, 0) is 15.8 Å². The molecule has 0 aliphatic carbocycles. The molecule has 0 atom stereocenters. The lowest BCUT2D eigenvalue weighted by atomic mass is 9.95.